The Morgan fingerprint density at radius 1 is 0.536 bits per heavy atom. The van der Waals surface area contributed by atoms with Crippen molar-refractivity contribution < 1.29 is 0 Å². The zero-order chi connectivity index (χ0) is 22.4. The van der Waals surface area contributed by atoms with Crippen LogP contribution in [-0.4, -0.2) is 46.4 Å². The summed E-state index contributed by atoms with van der Waals surface area (Å²) in [6, 6.07) is 0. The molecule has 0 unspecified atom stereocenters. The smallest absolute Gasteiger partial charge is 0.0502 e. The Balaban J connectivity index is 6.02. The predicted octanol–water partition coefficient (Wildman–Crippen LogP) is 8.47. The average molecular weight is 429 g/mol. The van der Waals surface area contributed by atoms with Gasteiger partial charge in [0.25, 0.3) is 0 Å². The van der Waals surface area contributed by atoms with Gasteiger partial charge in [-0.05, 0) is 22.6 Å². The first-order valence-electron chi connectivity index (χ1n) is 11.1. The maximum absolute atomic E-state index is 4.97. The van der Waals surface area contributed by atoms with E-state index in [1.54, 1.807) is 0 Å². The zero-order valence-corrected chi connectivity index (χ0v) is 23.3. The van der Waals surface area contributed by atoms with E-state index in [1.165, 1.54) is 11.4 Å². The van der Waals surface area contributed by atoms with Gasteiger partial charge in [0.2, 0.25) is 0 Å². The van der Waals surface area contributed by atoms with Crippen LogP contribution in [0.15, 0.2) is 10.2 Å². The number of nitrogens with zero attached hydrogens (tertiary/aromatic N) is 2. The molecule has 0 atom stereocenters. The van der Waals surface area contributed by atoms with Crippen LogP contribution in [0.3, 0.4) is 0 Å². The van der Waals surface area contributed by atoms with E-state index in [9.17, 15) is 0 Å². The van der Waals surface area contributed by atoms with Gasteiger partial charge in [0, 0.05) is 23.2 Å². The van der Waals surface area contributed by atoms with E-state index in [0.717, 1.165) is 35.0 Å². The molecule has 0 rings (SSSR count). The van der Waals surface area contributed by atoms with Crippen LogP contribution in [0.1, 0.15) is 96.9 Å². The van der Waals surface area contributed by atoms with Gasteiger partial charge in [-0.2, -0.15) is 10.2 Å². The van der Waals surface area contributed by atoms with E-state index in [0.29, 0.717) is 0 Å². The highest BCUT2D eigenvalue weighted by molar-refractivity contribution is 7.60. The molecule has 0 aromatic heterocycles. The Bertz CT molecular complexity index is 454. The van der Waals surface area contributed by atoms with Crippen LogP contribution in [0.2, 0.25) is 0 Å². The van der Waals surface area contributed by atoms with Gasteiger partial charge in [-0.3, -0.25) is 0 Å². The summed E-state index contributed by atoms with van der Waals surface area (Å²) in [5.41, 5.74) is 5.59. The highest BCUT2D eigenvalue weighted by atomic mass is 31.1. The summed E-state index contributed by atoms with van der Waals surface area (Å²) < 4.78 is 0. The SMILES string of the molecule is CC(C)P(C/C(=N/N=C(/CP(C(C)C)C(C)C)C(C)(C)C)C(C)(C)C)C(C)C. The van der Waals surface area contributed by atoms with Gasteiger partial charge >= 0.3 is 0 Å². The number of rotatable bonds is 9. The minimum Gasteiger partial charge on any atom is -0.159 e. The molecule has 0 bridgehead atoms. The molecule has 0 saturated heterocycles. The molecule has 0 heterocycles. The van der Waals surface area contributed by atoms with E-state index in [-0.39, 0.29) is 26.7 Å². The fourth-order valence-electron chi connectivity index (χ4n) is 3.23. The third kappa shape index (κ3) is 9.80. The third-order valence-electron chi connectivity index (χ3n) is 5.34. The molecule has 0 aromatic rings. The standard InChI is InChI=1S/C24H50N2P2/c1-17(2)27(18(3)4)15-21(23(9,10)11)25-26-22(24(12,13)14)16-28(19(5)6)20(7)8/h17-20H,15-16H2,1-14H3/b25-21-,26-22-. The molecule has 0 fully saturated rings. The second-order valence-electron chi connectivity index (χ2n) is 11.3. The molecule has 28 heavy (non-hydrogen) atoms. The average Bonchev–Trinajstić information content (AvgIpc) is 2.45. The third-order valence-corrected chi connectivity index (χ3v) is 12.0. The first kappa shape index (κ1) is 28.2. The van der Waals surface area contributed by atoms with Gasteiger partial charge in [0.15, 0.2) is 0 Å². The Morgan fingerprint density at radius 3 is 0.893 bits per heavy atom. The Kier molecular flexibility index (Phi) is 11.6. The van der Waals surface area contributed by atoms with Crippen LogP contribution in [0.25, 0.3) is 0 Å². The first-order valence-corrected chi connectivity index (χ1v) is 14.5. The van der Waals surface area contributed by atoms with Crippen LogP contribution in [0, 0.1) is 10.8 Å². The summed E-state index contributed by atoms with van der Waals surface area (Å²) >= 11 is 0. The molecular formula is C24H50N2P2. The molecule has 0 aliphatic carbocycles. The molecule has 0 aliphatic rings. The van der Waals surface area contributed by atoms with Gasteiger partial charge < -0.3 is 0 Å². The van der Waals surface area contributed by atoms with Crippen LogP contribution in [-0.2, 0) is 0 Å². The van der Waals surface area contributed by atoms with E-state index >= 15 is 0 Å². The molecule has 0 amide bonds. The Morgan fingerprint density at radius 2 is 0.750 bits per heavy atom. The first-order chi connectivity index (χ1) is 12.5. The minimum absolute atomic E-state index is 0.0672. The van der Waals surface area contributed by atoms with E-state index in [4.69, 9.17) is 10.2 Å². The topological polar surface area (TPSA) is 24.7 Å². The summed E-state index contributed by atoms with van der Waals surface area (Å²) in [5, 5.41) is 9.94. The lowest BCUT2D eigenvalue weighted by atomic mass is 9.90. The summed E-state index contributed by atoms with van der Waals surface area (Å²) in [5.74, 6) is 0. The van der Waals surface area contributed by atoms with Crippen molar-refractivity contribution in [3.8, 4) is 0 Å². The normalized spacial score (nSPS) is 15.3. The van der Waals surface area contributed by atoms with Crippen molar-refractivity contribution in [3.63, 3.8) is 0 Å². The quantitative estimate of drug-likeness (QED) is 0.200. The highest BCUT2D eigenvalue weighted by Gasteiger charge is 2.28. The van der Waals surface area contributed by atoms with Gasteiger partial charge in [-0.25, -0.2) is 0 Å². The van der Waals surface area contributed by atoms with E-state index < -0.39 is 0 Å². The summed E-state index contributed by atoms with van der Waals surface area (Å²) in [6.07, 6.45) is 2.22. The number of hydrogen-bond acceptors (Lipinski definition) is 2. The fourth-order valence-corrected chi connectivity index (χ4v) is 8.84. The van der Waals surface area contributed by atoms with Gasteiger partial charge in [0.05, 0.1) is 11.4 Å². The lowest BCUT2D eigenvalue weighted by Gasteiger charge is -2.32. The molecule has 0 spiro atoms. The molecule has 0 aromatic carbocycles. The molecule has 0 saturated carbocycles. The number of hydrogen-bond donors (Lipinski definition) is 0. The van der Waals surface area contributed by atoms with Crippen molar-refractivity contribution in [1.29, 1.82) is 0 Å². The second-order valence-corrected chi connectivity index (χ2v) is 18.1. The van der Waals surface area contributed by atoms with Gasteiger partial charge in [0.1, 0.15) is 0 Å². The van der Waals surface area contributed by atoms with Crippen LogP contribution < -0.4 is 0 Å². The molecule has 0 aliphatic heterocycles. The summed E-state index contributed by atoms with van der Waals surface area (Å²) in [6.45, 7) is 32.7. The molecule has 166 valence electrons. The van der Waals surface area contributed by atoms with Gasteiger partial charge in [-0.15, -0.1) is 0 Å². The highest BCUT2D eigenvalue weighted by Crippen LogP contribution is 2.48. The van der Waals surface area contributed by atoms with E-state index in [1.807, 2.05) is 0 Å². The predicted molar refractivity (Wildman–Crippen MR) is 138 cm³/mol. The monoisotopic (exact) mass is 428 g/mol. The van der Waals surface area contributed by atoms with Crippen LogP contribution >= 0.6 is 15.8 Å². The molecule has 0 N–H and O–H groups in total. The minimum atomic E-state index is -0.0745. The molecule has 2 nitrogen and oxygen atoms in total. The second kappa shape index (κ2) is 11.6. The van der Waals surface area contributed by atoms with E-state index in [2.05, 4.69) is 96.9 Å². The van der Waals surface area contributed by atoms with Crippen molar-refractivity contribution in [2.24, 2.45) is 21.0 Å². The maximum Gasteiger partial charge on any atom is 0.0502 e. The molecule has 4 heteroatoms. The zero-order valence-electron chi connectivity index (χ0n) is 21.5. The van der Waals surface area contributed by atoms with Crippen LogP contribution in [0.5, 0.6) is 0 Å². The lowest BCUT2D eigenvalue weighted by Crippen LogP contribution is -2.28. The molecular weight excluding hydrogens is 378 g/mol. The van der Waals surface area contributed by atoms with Crippen molar-refractivity contribution in [3.05, 3.63) is 0 Å². The van der Waals surface area contributed by atoms with Crippen molar-refractivity contribution in [2.45, 2.75) is 120 Å². The Labute approximate surface area is 180 Å². The lowest BCUT2D eigenvalue weighted by molar-refractivity contribution is 0.577. The van der Waals surface area contributed by atoms with Crippen LogP contribution in [0.4, 0.5) is 0 Å². The maximum atomic E-state index is 4.97. The summed E-state index contributed by atoms with van der Waals surface area (Å²) in [4.78, 5) is 0. The fraction of sp³-hybridized carbons (Fsp3) is 0.917. The largest absolute Gasteiger partial charge is 0.159 e. The van der Waals surface area contributed by atoms with Crippen molar-refractivity contribution in [1.82, 2.24) is 0 Å². The Hall–Kier alpha value is 0.200. The summed E-state index contributed by atoms with van der Waals surface area (Å²) in [7, 11) is -0.149. The van der Waals surface area contributed by atoms with Gasteiger partial charge in [-0.1, -0.05) is 113 Å². The van der Waals surface area contributed by atoms with Crippen molar-refractivity contribution in [2.75, 3.05) is 12.3 Å². The van der Waals surface area contributed by atoms with Crippen molar-refractivity contribution >= 4 is 27.3 Å². The molecule has 0 radical (unpaired) electrons.